The first kappa shape index (κ1) is 12.5. The lowest BCUT2D eigenvalue weighted by Crippen LogP contribution is -1.97. The Bertz CT molecular complexity index is 543. The van der Waals surface area contributed by atoms with Gasteiger partial charge >= 0.3 is 0 Å². The van der Waals surface area contributed by atoms with Crippen LogP contribution in [-0.4, -0.2) is 9.97 Å². The summed E-state index contributed by atoms with van der Waals surface area (Å²) in [7, 11) is 0. The van der Waals surface area contributed by atoms with E-state index in [0.717, 1.165) is 11.3 Å². The molecule has 0 aliphatic carbocycles. The molecule has 1 aromatic carbocycles. The number of rotatable bonds is 1. The highest BCUT2D eigenvalue weighted by Crippen LogP contribution is 2.25. The summed E-state index contributed by atoms with van der Waals surface area (Å²) in [6.07, 6.45) is 0. The Morgan fingerprint density at radius 3 is 2.47 bits per heavy atom. The summed E-state index contributed by atoms with van der Waals surface area (Å²) in [5.41, 5.74) is 2.23. The van der Waals surface area contributed by atoms with Crippen molar-refractivity contribution in [3.63, 3.8) is 0 Å². The molecule has 0 aliphatic rings. The Labute approximate surface area is 112 Å². The molecule has 2 rings (SSSR count). The van der Waals surface area contributed by atoms with Crippen LogP contribution in [-0.2, 0) is 0 Å². The summed E-state index contributed by atoms with van der Waals surface area (Å²) < 4.78 is 13.9. The van der Waals surface area contributed by atoms with E-state index in [4.69, 9.17) is 11.6 Å². The van der Waals surface area contributed by atoms with Gasteiger partial charge in [-0.3, -0.25) is 0 Å². The summed E-state index contributed by atoms with van der Waals surface area (Å²) in [5, 5.41) is 0.396. The molecule has 2 nitrogen and oxygen atoms in total. The molecule has 0 radical (unpaired) electrons. The van der Waals surface area contributed by atoms with Gasteiger partial charge < -0.3 is 0 Å². The molecule has 0 atom stereocenters. The second-order valence-electron chi connectivity index (χ2n) is 3.71. The molecule has 0 saturated carbocycles. The van der Waals surface area contributed by atoms with E-state index in [9.17, 15) is 4.39 Å². The van der Waals surface area contributed by atoms with Crippen LogP contribution in [0.5, 0.6) is 0 Å². The fraction of sp³-hybridized carbons (Fsp3) is 0.167. The van der Waals surface area contributed by atoms with Gasteiger partial charge in [-0.1, -0.05) is 27.5 Å². The molecule has 0 aliphatic heterocycles. The summed E-state index contributed by atoms with van der Waals surface area (Å²) in [4.78, 5) is 8.46. The Balaban J connectivity index is 2.60. The Morgan fingerprint density at radius 1 is 1.18 bits per heavy atom. The van der Waals surface area contributed by atoms with Gasteiger partial charge in [-0.25, -0.2) is 14.4 Å². The molecule has 0 spiro atoms. The molecular weight excluding hydrogens is 307 g/mol. The number of aromatic nitrogens is 2. The summed E-state index contributed by atoms with van der Waals surface area (Å²) >= 11 is 9.23. The van der Waals surface area contributed by atoms with Gasteiger partial charge in [0.25, 0.3) is 0 Å². The molecular formula is C12H9BrClFN2. The maximum absolute atomic E-state index is 13.3. The van der Waals surface area contributed by atoms with Gasteiger partial charge in [-0.2, -0.15) is 0 Å². The Kier molecular flexibility index (Phi) is 3.45. The Hall–Kier alpha value is -1.00. The largest absolute Gasteiger partial charge is 0.233 e. The molecule has 88 valence electrons. The van der Waals surface area contributed by atoms with Crippen molar-refractivity contribution in [3.05, 3.63) is 44.9 Å². The molecule has 0 N–H and O–H groups in total. The van der Waals surface area contributed by atoms with Crippen molar-refractivity contribution < 1.29 is 4.39 Å². The number of benzene rings is 1. The fourth-order valence-electron chi connectivity index (χ4n) is 1.41. The van der Waals surface area contributed by atoms with Crippen molar-refractivity contribution in [2.75, 3.05) is 0 Å². The predicted octanol–water partition coefficient (Wildman–Crippen LogP) is 4.32. The number of aryl methyl sites for hydroxylation is 1. The molecule has 17 heavy (non-hydrogen) atoms. The van der Waals surface area contributed by atoms with Crippen LogP contribution in [0.1, 0.15) is 11.3 Å². The van der Waals surface area contributed by atoms with E-state index in [1.165, 1.54) is 12.1 Å². The molecule has 2 aromatic rings. The normalized spacial score (nSPS) is 10.6. The highest BCUT2D eigenvalue weighted by Gasteiger charge is 2.09. The van der Waals surface area contributed by atoms with Crippen LogP contribution in [0.25, 0.3) is 11.4 Å². The first-order valence-electron chi connectivity index (χ1n) is 4.94. The topological polar surface area (TPSA) is 25.8 Å². The number of hydrogen-bond acceptors (Lipinski definition) is 2. The van der Waals surface area contributed by atoms with Crippen LogP contribution >= 0.6 is 27.5 Å². The highest BCUT2D eigenvalue weighted by atomic mass is 79.9. The summed E-state index contributed by atoms with van der Waals surface area (Å²) in [6.45, 7) is 3.70. The molecule has 0 bridgehead atoms. The zero-order valence-electron chi connectivity index (χ0n) is 9.26. The average molecular weight is 316 g/mol. The monoisotopic (exact) mass is 314 g/mol. The van der Waals surface area contributed by atoms with Crippen molar-refractivity contribution in [2.45, 2.75) is 13.8 Å². The van der Waals surface area contributed by atoms with Crippen molar-refractivity contribution in [2.24, 2.45) is 0 Å². The summed E-state index contributed by atoms with van der Waals surface area (Å²) in [6, 6.07) is 4.51. The third-order valence-corrected chi connectivity index (χ3v) is 3.28. The minimum absolute atomic E-state index is 0.340. The third-order valence-electron chi connectivity index (χ3n) is 2.45. The van der Waals surface area contributed by atoms with Gasteiger partial charge in [0.15, 0.2) is 5.82 Å². The molecule has 0 fully saturated rings. The molecule has 0 amide bonds. The van der Waals surface area contributed by atoms with Crippen molar-refractivity contribution >= 4 is 27.5 Å². The third kappa shape index (κ3) is 2.64. The molecule has 0 unspecified atom stereocenters. The van der Waals surface area contributed by atoms with Crippen molar-refractivity contribution in [3.8, 4) is 11.4 Å². The average Bonchev–Trinajstić information content (AvgIpc) is 2.23. The first-order chi connectivity index (χ1) is 7.97. The van der Waals surface area contributed by atoms with Crippen LogP contribution in [0.4, 0.5) is 4.39 Å². The lowest BCUT2D eigenvalue weighted by atomic mass is 10.2. The van der Waals surface area contributed by atoms with Gasteiger partial charge in [-0.05, 0) is 32.0 Å². The van der Waals surface area contributed by atoms with E-state index >= 15 is 0 Å². The van der Waals surface area contributed by atoms with Crippen LogP contribution in [0.15, 0.2) is 22.7 Å². The lowest BCUT2D eigenvalue weighted by molar-refractivity contribution is 0.627. The zero-order valence-corrected chi connectivity index (χ0v) is 11.6. The predicted molar refractivity (Wildman–Crippen MR) is 69.6 cm³/mol. The van der Waals surface area contributed by atoms with E-state index < -0.39 is 0 Å². The minimum Gasteiger partial charge on any atom is -0.233 e. The van der Waals surface area contributed by atoms with Gasteiger partial charge in [0.2, 0.25) is 0 Å². The van der Waals surface area contributed by atoms with E-state index in [1.807, 2.05) is 13.8 Å². The van der Waals surface area contributed by atoms with Crippen LogP contribution in [0.2, 0.25) is 5.15 Å². The standard InChI is InChI=1S/C12H9BrClFN2/c1-6-7(2)16-12(17-11(6)14)8-3-9(13)5-10(15)4-8/h3-5H,1-2H3. The van der Waals surface area contributed by atoms with Crippen molar-refractivity contribution in [1.82, 2.24) is 9.97 Å². The number of halogens is 3. The van der Waals surface area contributed by atoms with Crippen LogP contribution < -0.4 is 0 Å². The minimum atomic E-state index is -0.340. The Morgan fingerprint density at radius 2 is 1.88 bits per heavy atom. The molecule has 5 heteroatoms. The van der Waals surface area contributed by atoms with E-state index in [2.05, 4.69) is 25.9 Å². The van der Waals surface area contributed by atoms with Crippen LogP contribution in [0.3, 0.4) is 0 Å². The molecule has 1 aromatic heterocycles. The van der Waals surface area contributed by atoms with Gasteiger partial charge in [-0.15, -0.1) is 0 Å². The highest BCUT2D eigenvalue weighted by molar-refractivity contribution is 9.10. The maximum atomic E-state index is 13.3. The van der Waals surface area contributed by atoms with E-state index in [1.54, 1.807) is 6.07 Å². The zero-order chi connectivity index (χ0) is 12.6. The van der Waals surface area contributed by atoms with E-state index in [-0.39, 0.29) is 5.82 Å². The van der Waals surface area contributed by atoms with Gasteiger partial charge in [0.05, 0.1) is 0 Å². The molecule has 0 saturated heterocycles. The van der Waals surface area contributed by atoms with Gasteiger partial charge in [0, 0.05) is 21.3 Å². The number of hydrogen-bond donors (Lipinski definition) is 0. The van der Waals surface area contributed by atoms with Crippen molar-refractivity contribution in [1.29, 1.82) is 0 Å². The second kappa shape index (κ2) is 4.70. The molecule has 1 heterocycles. The maximum Gasteiger partial charge on any atom is 0.161 e. The van der Waals surface area contributed by atoms with Gasteiger partial charge in [0.1, 0.15) is 11.0 Å². The quantitative estimate of drug-likeness (QED) is 0.733. The lowest BCUT2D eigenvalue weighted by Gasteiger charge is -2.06. The second-order valence-corrected chi connectivity index (χ2v) is 4.98. The van der Waals surface area contributed by atoms with Crippen LogP contribution in [0, 0.1) is 19.7 Å². The first-order valence-corrected chi connectivity index (χ1v) is 6.11. The smallest absolute Gasteiger partial charge is 0.161 e. The fourth-order valence-corrected chi connectivity index (χ4v) is 2.09. The summed E-state index contributed by atoms with van der Waals surface area (Å²) in [5.74, 6) is 0.0885. The van der Waals surface area contributed by atoms with E-state index in [0.29, 0.717) is 21.0 Å². The number of nitrogens with zero attached hydrogens (tertiary/aromatic N) is 2. The SMILES string of the molecule is Cc1nc(-c2cc(F)cc(Br)c2)nc(Cl)c1C.